The molecule has 1 aliphatic carbocycles. The number of nitrogens with one attached hydrogen (secondary N) is 1. The second kappa shape index (κ2) is 6.25. The minimum atomic E-state index is -0.0140. The molecule has 0 unspecified atom stereocenters. The summed E-state index contributed by atoms with van der Waals surface area (Å²) in [7, 11) is 4.01. The van der Waals surface area contributed by atoms with Gasteiger partial charge in [-0.25, -0.2) is 4.98 Å². The van der Waals surface area contributed by atoms with E-state index in [0.717, 1.165) is 45.2 Å². The van der Waals surface area contributed by atoms with Crippen molar-refractivity contribution in [1.29, 1.82) is 0 Å². The first-order valence-electron chi connectivity index (χ1n) is 8.46. The number of benzene rings is 1. The number of hydrogen-bond acceptors (Lipinski definition) is 4. The van der Waals surface area contributed by atoms with Gasteiger partial charge in [0, 0.05) is 29.0 Å². The summed E-state index contributed by atoms with van der Waals surface area (Å²) in [5.74, 6) is 1.32. The van der Waals surface area contributed by atoms with Crippen LogP contribution in [0.15, 0.2) is 27.5 Å². The Hall–Kier alpha value is -1.66. The predicted molar refractivity (Wildman–Crippen MR) is 109 cm³/mol. The van der Waals surface area contributed by atoms with E-state index >= 15 is 0 Å². The Labute approximate surface area is 159 Å². The van der Waals surface area contributed by atoms with Gasteiger partial charge < -0.3 is 9.88 Å². The lowest BCUT2D eigenvalue weighted by Crippen LogP contribution is -2.13. The van der Waals surface area contributed by atoms with Gasteiger partial charge in [-0.2, -0.15) is 0 Å². The summed E-state index contributed by atoms with van der Waals surface area (Å²) < 4.78 is 0.983. The Balaban J connectivity index is 1.84. The van der Waals surface area contributed by atoms with Gasteiger partial charge in [0.05, 0.1) is 11.1 Å². The standard InChI is InChI=1S/C19H20BrN3OS/c1-10-4-6-12-15(8-10)25-19-16(12)18(24)21-17(22-19)11-5-7-14(23(2)3)13(20)9-11/h5,7,9-10H,4,6,8H2,1-3H3,(H,21,22,24)/t10-/m1/s1. The molecule has 3 aromatic rings. The molecule has 4 nitrogen and oxygen atoms in total. The molecule has 1 aliphatic rings. The molecular weight excluding hydrogens is 398 g/mol. The van der Waals surface area contributed by atoms with Gasteiger partial charge in [0.15, 0.2) is 0 Å². The maximum Gasteiger partial charge on any atom is 0.260 e. The van der Waals surface area contributed by atoms with E-state index < -0.39 is 0 Å². The Kier molecular flexibility index (Phi) is 4.20. The van der Waals surface area contributed by atoms with E-state index in [4.69, 9.17) is 4.98 Å². The largest absolute Gasteiger partial charge is 0.377 e. The summed E-state index contributed by atoms with van der Waals surface area (Å²) in [4.78, 5) is 24.8. The van der Waals surface area contributed by atoms with Crippen LogP contribution < -0.4 is 10.5 Å². The van der Waals surface area contributed by atoms with Gasteiger partial charge in [-0.05, 0) is 64.9 Å². The van der Waals surface area contributed by atoms with Crippen molar-refractivity contribution in [1.82, 2.24) is 9.97 Å². The van der Waals surface area contributed by atoms with Crippen molar-refractivity contribution in [2.75, 3.05) is 19.0 Å². The van der Waals surface area contributed by atoms with E-state index in [9.17, 15) is 4.79 Å². The van der Waals surface area contributed by atoms with Crippen molar-refractivity contribution in [2.45, 2.75) is 26.2 Å². The first kappa shape index (κ1) is 16.8. The summed E-state index contributed by atoms with van der Waals surface area (Å²) in [6.07, 6.45) is 3.21. The molecular formula is C19H20BrN3OS. The molecule has 130 valence electrons. The van der Waals surface area contributed by atoms with Crippen LogP contribution in [0.25, 0.3) is 21.6 Å². The van der Waals surface area contributed by atoms with Gasteiger partial charge in [-0.15, -0.1) is 11.3 Å². The van der Waals surface area contributed by atoms with Gasteiger partial charge in [0.2, 0.25) is 0 Å². The Morgan fingerprint density at radius 3 is 2.88 bits per heavy atom. The minimum absolute atomic E-state index is 0.0140. The number of anilines is 1. The van der Waals surface area contributed by atoms with E-state index in [2.05, 4.69) is 27.8 Å². The van der Waals surface area contributed by atoms with Crippen molar-refractivity contribution in [3.8, 4) is 11.4 Å². The third-order valence-corrected chi connectivity index (χ3v) is 6.65. The molecule has 1 atom stereocenters. The van der Waals surface area contributed by atoms with Crippen molar-refractivity contribution >= 4 is 43.2 Å². The summed E-state index contributed by atoms with van der Waals surface area (Å²) in [5, 5.41) is 0.805. The van der Waals surface area contributed by atoms with Crippen molar-refractivity contribution in [3.63, 3.8) is 0 Å². The topological polar surface area (TPSA) is 49.0 Å². The molecule has 0 aliphatic heterocycles. The molecule has 2 aromatic heterocycles. The average molecular weight is 418 g/mol. The highest BCUT2D eigenvalue weighted by Gasteiger charge is 2.23. The number of thiophene rings is 1. The van der Waals surface area contributed by atoms with E-state index in [1.165, 1.54) is 10.4 Å². The van der Waals surface area contributed by atoms with Crippen LogP contribution in [0.2, 0.25) is 0 Å². The van der Waals surface area contributed by atoms with Crippen LogP contribution in [0.5, 0.6) is 0 Å². The highest BCUT2D eigenvalue weighted by molar-refractivity contribution is 9.10. The maximum absolute atomic E-state index is 12.7. The number of aryl methyl sites for hydroxylation is 1. The second-order valence-electron chi connectivity index (χ2n) is 7.01. The molecule has 1 N–H and O–H groups in total. The van der Waals surface area contributed by atoms with Crippen molar-refractivity contribution in [2.24, 2.45) is 5.92 Å². The lowest BCUT2D eigenvalue weighted by molar-refractivity contribution is 0.509. The molecule has 0 saturated carbocycles. The lowest BCUT2D eigenvalue weighted by atomic mass is 9.89. The number of aromatic amines is 1. The highest BCUT2D eigenvalue weighted by atomic mass is 79.9. The molecule has 0 radical (unpaired) electrons. The predicted octanol–water partition coefficient (Wildman–Crippen LogP) is 4.60. The average Bonchev–Trinajstić information content (AvgIpc) is 2.91. The zero-order valence-corrected chi connectivity index (χ0v) is 16.9. The number of aromatic nitrogens is 2. The van der Waals surface area contributed by atoms with Crippen LogP contribution in [0.1, 0.15) is 23.8 Å². The minimum Gasteiger partial charge on any atom is -0.377 e. The summed E-state index contributed by atoms with van der Waals surface area (Å²) >= 11 is 5.30. The highest BCUT2D eigenvalue weighted by Crippen LogP contribution is 2.36. The van der Waals surface area contributed by atoms with E-state index in [0.29, 0.717) is 11.7 Å². The molecule has 4 rings (SSSR count). The molecule has 1 aromatic carbocycles. The Bertz CT molecular complexity index is 1020. The molecule has 2 heterocycles. The van der Waals surface area contributed by atoms with Gasteiger partial charge >= 0.3 is 0 Å². The van der Waals surface area contributed by atoms with Crippen LogP contribution in [0, 0.1) is 5.92 Å². The number of halogens is 1. The number of hydrogen-bond donors (Lipinski definition) is 1. The summed E-state index contributed by atoms with van der Waals surface area (Å²) in [6, 6.07) is 6.04. The first-order chi connectivity index (χ1) is 11.9. The summed E-state index contributed by atoms with van der Waals surface area (Å²) in [5.41, 5.74) is 3.21. The molecule has 0 bridgehead atoms. The zero-order valence-electron chi connectivity index (χ0n) is 14.5. The second-order valence-corrected chi connectivity index (χ2v) is 8.95. The number of nitrogens with zero attached hydrogens (tertiary/aromatic N) is 2. The first-order valence-corrected chi connectivity index (χ1v) is 10.1. The molecule has 25 heavy (non-hydrogen) atoms. The van der Waals surface area contributed by atoms with E-state index in [1.807, 2.05) is 37.2 Å². The Morgan fingerprint density at radius 1 is 1.36 bits per heavy atom. The third-order valence-electron chi connectivity index (χ3n) is 4.87. The maximum atomic E-state index is 12.7. The zero-order chi connectivity index (χ0) is 17.7. The number of H-pyrrole nitrogens is 1. The number of rotatable bonds is 2. The fourth-order valence-electron chi connectivity index (χ4n) is 3.50. The SMILES string of the molecule is C[C@@H]1CCc2c(sc3nc(-c4ccc(N(C)C)c(Br)c4)[nH]c(=O)c23)C1. The molecule has 6 heteroatoms. The van der Waals surface area contributed by atoms with Crippen molar-refractivity contribution < 1.29 is 0 Å². The normalized spacial score (nSPS) is 16.9. The molecule has 0 fully saturated rings. The fraction of sp³-hybridized carbons (Fsp3) is 0.368. The molecule has 0 saturated heterocycles. The fourth-order valence-corrected chi connectivity index (χ4v) is 5.62. The van der Waals surface area contributed by atoms with Crippen molar-refractivity contribution in [3.05, 3.63) is 43.5 Å². The Morgan fingerprint density at radius 2 is 2.16 bits per heavy atom. The molecule has 0 amide bonds. The quantitative estimate of drug-likeness (QED) is 0.662. The van der Waals surface area contributed by atoms with E-state index in [-0.39, 0.29) is 5.56 Å². The monoisotopic (exact) mass is 417 g/mol. The van der Waals surface area contributed by atoms with Gasteiger partial charge in [-0.3, -0.25) is 4.79 Å². The van der Waals surface area contributed by atoms with Crippen LogP contribution in [0.3, 0.4) is 0 Å². The van der Waals surface area contributed by atoms with E-state index in [1.54, 1.807) is 11.3 Å². The third kappa shape index (κ3) is 2.91. The van der Waals surface area contributed by atoms with Gasteiger partial charge in [0.1, 0.15) is 10.7 Å². The van der Waals surface area contributed by atoms with Gasteiger partial charge in [0.25, 0.3) is 5.56 Å². The smallest absolute Gasteiger partial charge is 0.260 e. The lowest BCUT2D eigenvalue weighted by Gasteiger charge is -2.17. The summed E-state index contributed by atoms with van der Waals surface area (Å²) in [6.45, 7) is 2.28. The van der Waals surface area contributed by atoms with Crippen LogP contribution in [0.4, 0.5) is 5.69 Å². The van der Waals surface area contributed by atoms with Crippen LogP contribution >= 0.6 is 27.3 Å². The van der Waals surface area contributed by atoms with Gasteiger partial charge in [-0.1, -0.05) is 6.92 Å². The number of fused-ring (bicyclic) bond motifs is 3. The van der Waals surface area contributed by atoms with Crippen LogP contribution in [-0.2, 0) is 12.8 Å². The molecule has 0 spiro atoms. The van der Waals surface area contributed by atoms with Crippen LogP contribution in [-0.4, -0.2) is 24.1 Å².